The molecule has 19 heavy (non-hydrogen) atoms. The number of anilines is 1. The van der Waals surface area contributed by atoms with Crippen LogP contribution in [0, 0.1) is 0 Å². The molecule has 3 rings (SSSR count). The van der Waals surface area contributed by atoms with Crippen molar-refractivity contribution in [3.8, 4) is 0 Å². The van der Waals surface area contributed by atoms with E-state index >= 15 is 0 Å². The minimum absolute atomic E-state index is 0.0198. The molecule has 3 heterocycles. The average Bonchev–Trinajstić information content (AvgIpc) is 2.74. The maximum absolute atomic E-state index is 11.3. The van der Waals surface area contributed by atoms with Gasteiger partial charge in [-0.2, -0.15) is 0 Å². The Morgan fingerprint density at radius 3 is 2.53 bits per heavy atom. The van der Waals surface area contributed by atoms with E-state index in [2.05, 4.69) is 10.3 Å². The van der Waals surface area contributed by atoms with E-state index in [1.54, 1.807) is 6.20 Å². The van der Waals surface area contributed by atoms with Crippen molar-refractivity contribution < 1.29 is 14.1 Å². The van der Waals surface area contributed by atoms with Crippen LogP contribution in [0.4, 0.5) is 5.69 Å². The lowest BCUT2D eigenvalue weighted by atomic mass is 9.80. The number of nitrogens with one attached hydrogen (secondary N) is 1. The molecule has 2 aliphatic heterocycles. The van der Waals surface area contributed by atoms with Crippen molar-refractivity contribution in [3.05, 3.63) is 18.0 Å². The summed E-state index contributed by atoms with van der Waals surface area (Å²) in [6, 6.07) is 1.88. The van der Waals surface area contributed by atoms with E-state index in [1.165, 1.54) is 0 Å². The standard InChI is InChI=1S/C13H17BN2O3/c1-12(2)13(3,4)19-14(18-12)8-5-10-9(15-7-8)6-11(17)16-10/h5,7H,6H2,1-4H3,(H,16,17). The van der Waals surface area contributed by atoms with Crippen LogP contribution in [0.2, 0.25) is 0 Å². The Balaban J connectivity index is 1.90. The van der Waals surface area contributed by atoms with Crippen LogP contribution in [0.3, 0.4) is 0 Å². The van der Waals surface area contributed by atoms with Crippen molar-refractivity contribution >= 4 is 24.2 Å². The first-order valence-corrected chi connectivity index (χ1v) is 6.43. The highest BCUT2D eigenvalue weighted by molar-refractivity contribution is 6.62. The second kappa shape index (κ2) is 3.80. The number of carbonyl (C=O) groups excluding carboxylic acids is 1. The Labute approximate surface area is 112 Å². The Morgan fingerprint density at radius 2 is 1.89 bits per heavy atom. The van der Waals surface area contributed by atoms with Crippen LogP contribution < -0.4 is 10.8 Å². The smallest absolute Gasteiger partial charge is 0.399 e. The van der Waals surface area contributed by atoms with Gasteiger partial charge in [0, 0.05) is 11.7 Å². The van der Waals surface area contributed by atoms with Gasteiger partial charge in [-0.25, -0.2) is 0 Å². The lowest BCUT2D eigenvalue weighted by Crippen LogP contribution is -2.41. The number of hydrogen-bond acceptors (Lipinski definition) is 4. The van der Waals surface area contributed by atoms with Gasteiger partial charge in [-0.15, -0.1) is 0 Å². The van der Waals surface area contributed by atoms with Crippen molar-refractivity contribution in [3.63, 3.8) is 0 Å². The molecule has 0 saturated carbocycles. The van der Waals surface area contributed by atoms with Gasteiger partial charge in [0.25, 0.3) is 0 Å². The van der Waals surface area contributed by atoms with E-state index in [1.807, 2.05) is 33.8 Å². The molecule has 0 bridgehead atoms. The molecule has 0 atom stereocenters. The van der Waals surface area contributed by atoms with Gasteiger partial charge in [0.2, 0.25) is 5.91 Å². The number of pyridine rings is 1. The highest BCUT2D eigenvalue weighted by atomic mass is 16.7. The van der Waals surface area contributed by atoms with Crippen LogP contribution in [-0.4, -0.2) is 29.2 Å². The topological polar surface area (TPSA) is 60.5 Å². The molecule has 5 nitrogen and oxygen atoms in total. The molecule has 0 spiro atoms. The summed E-state index contributed by atoms with van der Waals surface area (Å²) in [5.41, 5.74) is 1.63. The molecule has 0 aromatic carbocycles. The predicted octanol–water partition coefficient (Wildman–Crippen LogP) is 0.875. The summed E-state index contributed by atoms with van der Waals surface area (Å²) in [5.74, 6) is -0.0198. The number of amides is 1. The van der Waals surface area contributed by atoms with Crippen LogP contribution in [0.15, 0.2) is 12.3 Å². The van der Waals surface area contributed by atoms with Crippen molar-refractivity contribution in [2.24, 2.45) is 0 Å². The molecule has 0 aliphatic carbocycles. The molecule has 1 N–H and O–H groups in total. The minimum atomic E-state index is -0.444. The number of nitrogens with zero attached hydrogens (tertiary/aromatic N) is 1. The summed E-state index contributed by atoms with van der Waals surface area (Å²) in [7, 11) is -0.444. The van der Waals surface area contributed by atoms with Crippen molar-refractivity contribution in [2.75, 3.05) is 5.32 Å². The summed E-state index contributed by atoms with van der Waals surface area (Å²) < 4.78 is 11.9. The van der Waals surface area contributed by atoms with Gasteiger partial charge in [0.1, 0.15) is 0 Å². The molecule has 1 aromatic rings. The molecule has 6 heteroatoms. The largest absolute Gasteiger partial charge is 0.496 e. The molecule has 0 radical (unpaired) electrons. The van der Waals surface area contributed by atoms with Crippen LogP contribution in [0.25, 0.3) is 0 Å². The fraction of sp³-hybridized carbons (Fsp3) is 0.538. The first kappa shape index (κ1) is 12.6. The van der Waals surface area contributed by atoms with E-state index < -0.39 is 7.12 Å². The number of carbonyl (C=O) groups is 1. The minimum Gasteiger partial charge on any atom is -0.399 e. The molecule has 0 unspecified atom stereocenters. The van der Waals surface area contributed by atoms with E-state index in [-0.39, 0.29) is 17.1 Å². The normalized spacial score (nSPS) is 23.4. The zero-order valence-electron chi connectivity index (χ0n) is 11.6. The first-order valence-electron chi connectivity index (χ1n) is 6.43. The van der Waals surface area contributed by atoms with Gasteiger partial charge in [0.05, 0.1) is 29.0 Å². The molecular weight excluding hydrogens is 243 g/mol. The third-order valence-electron chi connectivity index (χ3n) is 4.12. The van der Waals surface area contributed by atoms with Crippen LogP contribution >= 0.6 is 0 Å². The van der Waals surface area contributed by atoms with Gasteiger partial charge in [-0.05, 0) is 33.8 Å². The summed E-state index contributed by atoms with van der Waals surface area (Å²) in [4.78, 5) is 15.6. The Morgan fingerprint density at radius 1 is 1.26 bits per heavy atom. The molecular formula is C13H17BN2O3. The van der Waals surface area contributed by atoms with Crippen LogP contribution in [-0.2, 0) is 20.5 Å². The lowest BCUT2D eigenvalue weighted by Gasteiger charge is -2.32. The van der Waals surface area contributed by atoms with E-state index in [0.29, 0.717) is 6.42 Å². The third-order valence-corrected chi connectivity index (χ3v) is 4.12. The fourth-order valence-corrected chi connectivity index (χ4v) is 2.21. The molecule has 1 aromatic heterocycles. The fourth-order valence-electron chi connectivity index (χ4n) is 2.21. The van der Waals surface area contributed by atoms with Crippen LogP contribution in [0.1, 0.15) is 33.4 Å². The van der Waals surface area contributed by atoms with Gasteiger partial charge >= 0.3 is 7.12 Å². The van der Waals surface area contributed by atoms with Crippen molar-refractivity contribution in [1.82, 2.24) is 4.98 Å². The zero-order valence-corrected chi connectivity index (χ0v) is 11.6. The Kier molecular flexibility index (Phi) is 2.53. The first-order chi connectivity index (χ1) is 8.78. The monoisotopic (exact) mass is 260 g/mol. The molecule has 100 valence electrons. The summed E-state index contributed by atoms with van der Waals surface area (Å²) >= 11 is 0. The lowest BCUT2D eigenvalue weighted by molar-refractivity contribution is -0.115. The summed E-state index contributed by atoms with van der Waals surface area (Å²) in [6.07, 6.45) is 2.07. The second-order valence-corrected chi connectivity index (χ2v) is 6.08. The maximum atomic E-state index is 11.3. The van der Waals surface area contributed by atoms with E-state index in [0.717, 1.165) is 16.8 Å². The van der Waals surface area contributed by atoms with Crippen molar-refractivity contribution in [1.29, 1.82) is 0 Å². The molecule has 1 fully saturated rings. The zero-order chi connectivity index (χ0) is 13.8. The Bertz CT molecular complexity index is 541. The van der Waals surface area contributed by atoms with Gasteiger partial charge in [0.15, 0.2) is 0 Å². The van der Waals surface area contributed by atoms with Crippen molar-refractivity contribution in [2.45, 2.75) is 45.3 Å². The summed E-state index contributed by atoms with van der Waals surface area (Å²) in [6.45, 7) is 8.04. The van der Waals surface area contributed by atoms with Crippen LogP contribution in [0.5, 0.6) is 0 Å². The quantitative estimate of drug-likeness (QED) is 0.761. The third kappa shape index (κ3) is 1.95. The SMILES string of the molecule is CC1(C)OB(c2cnc3c(c2)NC(=O)C3)OC1(C)C. The number of rotatable bonds is 1. The second-order valence-electron chi connectivity index (χ2n) is 6.08. The highest BCUT2D eigenvalue weighted by Crippen LogP contribution is 2.36. The van der Waals surface area contributed by atoms with E-state index in [4.69, 9.17) is 9.31 Å². The van der Waals surface area contributed by atoms with Gasteiger partial charge in [-0.3, -0.25) is 9.78 Å². The predicted molar refractivity (Wildman–Crippen MR) is 72.3 cm³/mol. The van der Waals surface area contributed by atoms with Gasteiger partial charge < -0.3 is 14.6 Å². The molecule has 2 aliphatic rings. The maximum Gasteiger partial charge on any atom is 0.496 e. The summed E-state index contributed by atoms with van der Waals surface area (Å²) in [5, 5.41) is 2.79. The highest BCUT2D eigenvalue weighted by Gasteiger charge is 2.52. The average molecular weight is 260 g/mol. The number of hydrogen-bond donors (Lipinski definition) is 1. The number of aromatic nitrogens is 1. The Hall–Kier alpha value is -1.40. The molecule has 1 amide bonds. The van der Waals surface area contributed by atoms with E-state index in [9.17, 15) is 4.79 Å². The number of fused-ring (bicyclic) bond motifs is 1. The molecule has 1 saturated heterocycles. The van der Waals surface area contributed by atoms with Gasteiger partial charge in [-0.1, -0.05) is 0 Å².